The van der Waals surface area contributed by atoms with Crippen LogP contribution in [-0.4, -0.2) is 17.1 Å². The van der Waals surface area contributed by atoms with Crippen LogP contribution in [0.1, 0.15) is 22.8 Å². The van der Waals surface area contributed by atoms with Gasteiger partial charge in [0.2, 0.25) is 0 Å². The van der Waals surface area contributed by atoms with E-state index >= 15 is 0 Å². The van der Waals surface area contributed by atoms with Gasteiger partial charge in [-0.3, -0.25) is 0 Å². The predicted molar refractivity (Wildman–Crippen MR) is 107 cm³/mol. The monoisotopic (exact) mass is 361 g/mol. The lowest BCUT2D eigenvalue weighted by molar-refractivity contribution is 0.0528. The Morgan fingerprint density at radius 3 is 2.59 bits per heavy atom. The Kier molecular flexibility index (Phi) is 4.19. The minimum atomic E-state index is -0.326. The molecule has 4 aromatic rings. The summed E-state index contributed by atoms with van der Waals surface area (Å²) >= 11 is 0. The normalized spacial score (nSPS) is 11.3. The first kappa shape index (κ1) is 17.3. The number of hydrogen-bond acceptors (Lipinski definition) is 2. The van der Waals surface area contributed by atoms with E-state index in [0.717, 1.165) is 33.1 Å². The molecule has 1 aromatic heterocycles. The Balaban J connectivity index is 1.96. The van der Waals surface area contributed by atoms with Crippen molar-refractivity contribution in [2.75, 3.05) is 6.61 Å². The number of rotatable bonds is 3. The second-order valence-electron chi connectivity index (χ2n) is 6.68. The first-order valence-corrected chi connectivity index (χ1v) is 8.96. The molecule has 136 valence electrons. The molecule has 0 spiro atoms. The fourth-order valence-electron chi connectivity index (χ4n) is 3.72. The molecule has 3 nitrogen and oxygen atoms in total. The molecule has 0 radical (unpaired) electrons. The van der Waals surface area contributed by atoms with Crippen molar-refractivity contribution in [2.24, 2.45) is 7.05 Å². The predicted octanol–water partition coefficient (Wildman–Crippen LogP) is 5.62. The van der Waals surface area contributed by atoms with Crippen molar-refractivity contribution in [1.82, 2.24) is 4.57 Å². The number of carbonyl (C=O) groups is 1. The fraction of sp³-hybridized carbons (Fsp3) is 0.174. The first-order valence-electron chi connectivity index (χ1n) is 8.96. The Morgan fingerprint density at radius 1 is 1.07 bits per heavy atom. The van der Waals surface area contributed by atoms with Gasteiger partial charge in [0.1, 0.15) is 5.82 Å². The summed E-state index contributed by atoms with van der Waals surface area (Å²) in [5, 5.41) is 2.44. The molecule has 0 saturated heterocycles. The lowest BCUT2D eigenvalue weighted by Gasteiger charge is -2.11. The Labute approximate surface area is 157 Å². The number of nitrogens with zero attached hydrogens (tertiary/aromatic N) is 1. The zero-order valence-corrected chi connectivity index (χ0v) is 15.5. The maximum atomic E-state index is 14.1. The van der Waals surface area contributed by atoms with E-state index < -0.39 is 0 Å². The molecule has 0 aliphatic rings. The second-order valence-corrected chi connectivity index (χ2v) is 6.68. The van der Waals surface area contributed by atoms with Gasteiger partial charge in [-0.15, -0.1) is 0 Å². The van der Waals surface area contributed by atoms with Crippen molar-refractivity contribution < 1.29 is 13.9 Å². The van der Waals surface area contributed by atoms with Gasteiger partial charge in [0.15, 0.2) is 0 Å². The second kappa shape index (κ2) is 6.54. The van der Waals surface area contributed by atoms with E-state index in [-0.39, 0.29) is 11.8 Å². The van der Waals surface area contributed by atoms with Gasteiger partial charge in [-0.25, -0.2) is 9.18 Å². The largest absolute Gasteiger partial charge is 0.462 e. The third-order valence-electron chi connectivity index (χ3n) is 5.00. The smallest absolute Gasteiger partial charge is 0.340 e. The molecular formula is C23H20FNO2. The lowest BCUT2D eigenvalue weighted by atomic mass is 9.99. The number of fused-ring (bicyclic) bond motifs is 2. The third kappa shape index (κ3) is 2.78. The highest BCUT2D eigenvalue weighted by atomic mass is 19.1. The van der Waals surface area contributed by atoms with Crippen molar-refractivity contribution in [3.8, 4) is 11.3 Å². The van der Waals surface area contributed by atoms with Gasteiger partial charge in [-0.05, 0) is 55.1 Å². The van der Waals surface area contributed by atoms with Gasteiger partial charge in [-0.1, -0.05) is 24.3 Å². The van der Waals surface area contributed by atoms with Crippen LogP contribution in [0.15, 0.2) is 54.6 Å². The van der Waals surface area contributed by atoms with E-state index in [9.17, 15) is 9.18 Å². The van der Waals surface area contributed by atoms with Crippen molar-refractivity contribution in [2.45, 2.75) is 13.8 Å². The van der Waals surface area contributed by atoms with Crippen LogP contribution in [0.2, 0.25) is 0 Å². The highest BCUT2D eigenvalue weighted by Crippen LogP contribution is 2.34. The average Bonchev–Trinajstić information content (AvgIpc) is 2.99. The molecule has 0 fully saturated rings. The van der Waals surface area contributed by atoms with Crippen LogP contribution < -0.4 is 0 Å². The van der Waals surface area contributed by atoms with Gasteiger partial charge in [-0.2, -0.15) is 0 Å². The number of hydrogen-bond donors (Lipinski definition) is 0. The summed E-state index contributed by atoms with van der Waals surface area (Å²) in [5.74, 6) is -0.544. The standard InChI is InChI=1S/C23H20FNO2/c1-4-27-23(26)17-9-5-8-16-13-21(25(3)22(16)17)18-12-15-7-6-10-20(24)19(15)11-14(18)2/h5-13H,4H2,1-3H3. The SMILES string of the molecule is CCOC(=O)c1cccc2cc(-c3cc4cccc(F)c4cc3C)n(C)c12. The van der Waals surface area contributed by atoms with Gasteiger partial charge < -0.3 is 9.30 Å². The minimum Gasteiger partial charge on any atom is -0.462 e. The molecule has 0 N–H and O–H groups in total. The van der Waals surface area contributed by atoms with Gasteiger partial charge in [0.25, 0.3) is 0 Å². The number of aryl methyl sites for hydroxylation is 2. The van der Waals surface area contributed by atoms with E-state index in [1.54, 1.807) is 19.1 Å². The molecule has 27 heavy (non-hydrogen) atoms. The number of aromatic nitrogens is 1. The molecule has 0 bridgehead atoms. The lowest BCUT2D eigenvalue weighted by Crippen LogP contribution is -2.07. The summed E-state index contributed by atoms with van der Waals surface area (Å²) in [6, 6.07) is 16.7. The van der Waals surface area contributed by atoms with Gasteiger partial charge >= 0.3 is 5.97 Å². The molecule has 0 amide bonds. The van der Waals surface area contributed by atoms with E-state index in [2.05, 4.69) is 6.07 Å². The molecule has 3 aromatic carbocycles. The molecule has 1 heterocycles. The number of halogens is 1. The van der Waals surface area contributed by atoms with Crippen molar-refractivity contribution in [3.63, 3.8) is 0 Å². The summed E-state index contributed by atoms with van der Waals surface area (Å²) in [6.07, 6.45) is 0. The number of para-hydroxylation sites is 1. The first-order chi connectivity index (χ1) is 13.0. The number of carbonyl (C=O) groups excluding carboxylic acids is 1. The highest BCUT2D eigenvalue weighted by molar-refractivity contribution is 6.05. The highest BCUT2D eigenvalue weighted by Gasteiger charge is 2.18. The Bertz CT molecular complexity index is 1190. The van der Waals surface area contributed by atoms with E-state index in [4.69, 9.17) is 4.74 Å². The molecule has 0 saturated carbocycles. The van der Waals surface area contributed by atoms with Gasteiger partial charge in [0, 0.05) is 29.1 Å². The van der Waals surface area contributed by atoms with Crippen LogP contribution in [0.5, 0.6) is 0 Å². The average molecular weight is 361 g/mol. The van der Waals surface area contributed by atoms with E-state index in [1.165, 1.54) is 6.07 Å². The summed E-state index contributed by atoms with van der Waals surface area (Å²) in [7, 11) is 1.94. The molecule has 4 rings (SSSR count). The summed E-state index contributed by atoms with van der Waals surface area (Å²) in [5.41, 5.74) is 4.36. The Morgan fingerprint density at radius 2 is 1.81 bits per heavy atom. The molecule has 0 aliphatic heterocycles. The van der Waals surface area contributed by atoms with Crippen LogP contribution in [0.25, 0.3) is 32.9 Å². The fourth-order valence-corrected chi connectivity index (χ4v) is 3.72. The van der Waals surface area contributed by atoms with Crippen LogP contribution in [0.4, 0.5) is 4.39 Å². The Hall–Kier alpha value is -3.14. The molecular weight excluding hydrogens is 341 g/mol. The summed E-state index contributed by atoms with van der Waals surface area (Å²) in [4.78, 5) is 12.4. The summed E-state index contributed by atoms with van der Waals surface area (Å²) in [6.45, 7) is 4.11. The number of esters is 1. The van der Waals surface area contributed by atoms with Crippen molar-refractivity contribution in [3.05, 3.63) is 71.5 Å². The van der Waals surface area contributed by atoms with Crippen molar-refractivity contribution in [1.29, 1.82) is 0 Å². The maximum Gasteiger partial charge on any atom is 0.340 e. The summed E-state index contributed by atoms with van der Waals surface area (Å²) < 4.78 is 21.3. The molecule has 0 atom stereocenters. The quantitative estimate of drug-likeness (QED) is 0.443. The van der Waals surface area contributed by atoms with Crippen LogP contribution >= 0.6 is 0 Å². The third-order valence-corrected chi connectivity index (χ3v) is 5.00. The maximum absolute atomic E-state index is 14.1. The molecule has 0 unspecified atom stereocenters. The van der Waals surface area contributed by atoms with E-state index in [1.807, 2.05) is 48.9 Å². The van der Waals surface area contributed by atoms with Crippen LogP contribution in [0, 0.1) is 12.7 Å². The van der Waals surface area contributed by atoms with E-state index in [0.29, 0.717) is 17.6 Å². The van der Waals surface area contributed by atoms with Gasteiger partial charge in [0.05, 0.1) is 17.7 Å². The number of benzene rings is 3. The zero-order valence-electron chi connectivity index (χ0n) is 15.5. The number of ether oxygens (including phenoxy) is 1. The van der Waals surface area contributed by atoms with Crippen molar-refractivity contribution >= 4 is 27.6 Å². The molecule has 4 heteroatoms. The van der Waals surface area contributed by atoms with Crippen LogP contribution in [-0.2, 0) is 11.8 Å². The van der Waals surface area contributed by atoms with Crippen LogP contribution in [0.3, 0.4) is 0 Å². The zero-order chi connectivity index (χ0) is 19.1. The minimum absolute atomic E-state index is 0.219. The topological polar surface area (TPSA) is 31.2 Å². The molecule has 0 aliphatic carbocycles.